The van der Waals surface area contributed by atoms with E-state index < -0.39 is 17.8 Å². The van der Waals surface area contributed by atoms with Gasteiger partial charge in [0, 0.05) is 35.6 Å². The fourth-order valence-electron chi connectivity index (χ4n) is 3.54. The number of ether oxygens (including phenoxy) is 1. The van der Waals surface area contributed by atoms with Gasteiger partial charge in [0.15, 0.2) is 5.84 Å². The number of hydrogen-bond donors (Lipinski definition) is 3. The molecule has 4 rings (SSSR count). The van der Waals surface area contributed by atoms with Crippen molar-refractivity contribution in [3.8, 4) is 0 Å². The van der Waals surface area contributed by atoms with Crippen LogP contribution in [0.25, 0.3) is 5.57 Å². The predicted molar refractivity (Wildman–Crippen MR) is 140 cm³/mol. The van der Waals surface area contributed by atoms with Crippen LogP contribution in [-0.2, 0) is 10.9 Å². The minimum absolute atomic E-state index is 0.178. The van der Waals surface area contributed by atoms with Crippen LogP contribution >= 0.6 is 0 Å². The number of guanidine groups is 1. The zero-order chi connectivity index (χ0) is 26.7. The van der Waals surface area contributed by atoms with Crippen molar-refractivity contribution in [2.45, 2.75) is 45.0 Å². The maximum atomic E-state index is 13.3. The summed E-state index contributed by atoms with van der Waals surface area (Å²) in [5, 5.41) is 8.83. The standard InChI is InChI=1S/C26H27F3N6O2/c1-14(2)37-25(36)33-19-10-11-20-15(3)22(35-24(30-4)32-17-8-9-17)23(34-21(20)13-19)31-18-7-5-6-16(12-18)26(27,28)29/h5-7,10-14,17H,3,8-9H2,1-2,4H3,(H,30,32)(H,31,34)(H,33,36). The molecule has 1 amide bonds. The number of nitrogens with zero attached hydrogens (tertiary/aromatic N) is 3. The normalized spacial score (nSPS) is 16.8. The molecule has 37 heavy (non-hydrogen) atoms. The number of alkyl halides is 3. The quantitative estimate of drug-likeness (QED) is 0.345. The lowest BCUT2D eigenvalue weighted by molar-refractivity contribution is -0.137. The first kappa shape index (κ1) is 25.9. The molecule has 0 bridgehead atoms. The van der Waals surface area contributed by atoms with Gasteiger partial charge in [-0.1, -0.05) is 18.7 Å². The second-order valence-corrected chi connectivity index (χ2v) is 8.88. The summed E-state index contributed by atoms with van der Waals surface area (Å²) in [6, 6.07) is 10.1. The third-order valence-electron chi connectivity index (χ3n) is 5.45. The molecule has 1 fully saturated rings. The smallest absolute Gasteiger partial charge is 0.416 e. The van der Waals surface area contributed by atoms with Gasteiger partial charge < -0.3 is 15.4 Å². The van der Waals surface area contributed by atoms with E-state index in [0.29, 0.717) is 34.2 Å². The van der Waals surface area contributed by atoms with Crippen LogP contribution in [0.4, 0.5) is 35.0 Å². The van der Waals surface area contributed by atoms with Crippen LogP contribution in [0.2, 0.25) is 0 Å². The number of nitrogens with one attached hydrogen (secondary N) is 3. The molecule has 0 unspecified atom stereocenters. The summed E-state index contributed by atoms with van der Waals surface area (Å²) in [4.78, 5) is 25.5. The van der Waals surface area contributed by atoms with Gasteiger partial charge in [-0.25, -0.2) is 14.8 Å². The van der Waals surface area contributed by atoms with Crippen LogP contribution in [0.15, 0.2) is 64.0 Å². The number of fused-ring (bicyclic) bond motifs is 1. The van der Waals surface area contributed by atoms with Crippen LogP contribution in [0.1, 0.15) is 37.8 Å². The number of carbonyl (C=O) groups is 1. The van der Waals surface area contributed by atoms with Gasteiger partial charge in [0.05, 0.1) is 17.4 Å². The van der Waals surface area contributed by atoms with Crippen LogP contribution in [0, 0.1) is 0 Å². The summed E-state index contributed by atoms with van der Waals surface area (Å²) in [6.45, 7) is 7.64. The van der Waals surface area contributed by atoms with Crippen LogP contribution in [-0.4, -0.2) is 42.8 Å². The fourth-order valence-corrected chi connectivity index (χ4v) is 3.54. The lowest BCUT2D eigenvalue weighted by Crippen LogP contribution is -2.31. The Labute approximate surface area is 212 Å². The molecule has 1 saturated carbocycles. The molecule has 1 aliphatic carbocycles. The molecule has 2 aromatic rings. The molecule has 8 nitrogen and oxygen atoms in total. The zero-order valence-corrected chi connectivity index (χ0v) is 20.6. The highest BCUT2D eigenvalue weighted by molar-refractivity contribution is 6.62. The van der Waals surface area contributed by atoms with Gasteiger partial charge in [-0.3, -0.25) is 10.3 Å². The number of hydrogen-bond acceptors (Lipinski definition) is 5. The molecule has 194 valence electrons. The highest BCUT2D eigenvalue weighted by Crippen LogP contribution is 2.35. The number of benzene rings is 2. The van der Waals surface area contributed by atoms with E-state index in [9.17, 15) is 18.0 Å². The molecule has 0 spiro atoms. The van der Waals surface area contributed by atoms with Gasteiger partial charge in [-0.05, 0) is 57.0 Å². The lowest BCUT2D eigenvalue weighted by atomic mass is 9.96. The average Bonchev–Trinajstić information content (AvgIpc) is 3.64. The highest BCUT2D eigenvalue weighted by atomic mass is 19.4. The van der Waals surface area contributed by atoms with E-state index in [1.807, 2.05) is 0 Å². The van der Waals surface area contributed by atoms with Crippen molar-refractivity contribution in [1.82, 2.24) is 5.32 Å². The van der Waals surface area contributed by atoms with Crippen LogP contribution < -0.4 is 16.0 Å². The number of carbonyl (C=O) groups excluding carboxylic acids is 1. The number of anilines is 2. The Morgan fingerprint density at radius 1 is 1.16 bits per heavy atom. The number of aliphatic imine (C=N–C) groups is 3. The Kier molecular flexibility index (Phi) is 7.33. The number of amides is 1. The van der Waals surface area contributed by atoms with Gasteiger partial charge in [-0.2, -0.15) is 13.2 Å². The highest BCUT2D eigenvalue weighted by Gasteiger charge is 2.31. The minimum atomic E-state index is -4.50. The molecule has 0 saturated heterocycles. The van der Waals surface area contributed by atoms with Crippen molar-refractivity contribution in [3.05, 3.63) is 60.2 Å². The van der Waals surface area contributed by atoms with Crippen molar-refractivity contribution in [1.29, 1.82) is 0 Å². The molecule has 0 radical (unpaired) electrons. The fraction of sp³-hybridized carbons (Fsp3) is 0.308. The Bertz CT molecular complexity index is 1310. The molecule has 1 aliphatic heterocycles. The van der Waals surface area contributed by atoms with Crippen molar-refractivity contribution < 1.29 is 22.7 Å². The Morgan fingerprint density at radius 2 is 1.92 bits per heavy atom. The maximum Gasteiger partial charge on any atom is 0.416 e. The van der Waals surface area contributed by atoms with E-state index in [0.717, 1.165) is 25.0 Å². The van der Waals surface area contributed by atoms with Crippen molar-refractivity contribution in [3.63, 3.8) is 0 Å². The van der Waals surface area contributed by atoms with E-state index in [1.54, 1.807) is 39.1 Å². The first-order chi connectivity index (χ1) is 17.5. The molecule has 2 aromatic carbocycles. The predicted octanol–water partition coefficient (Wildman–Crippen LogP) is 6.01. The first-order valence-electron chi connectivity index (χ1n) is 11.7. The Balaban J connectivity index is 1.73. The molecular weight excluding hydrogens is 485 g/mol. The van der Waals surface area contributed by atoms with Crippen LogP contribution in [0.3, 0.4) is 0 Å². The van der Waals surface area contributed by atoms with Gasteiger partial charge in [0.25, 0.3) is 0 Å². The zero-order valence-electron chi connectivity index (χ0n) is 20.6. The van der Waals surface area contributed by atoms with Gasteiger partial charge in [0.2, 0.25) is 5.96 Å². The van der Waals surface area contributed by atoms with Crippen LogP contribution in [0.5, 0.6) is 0 Å². The number of amidine groups is 1. The first-order valence-corrected chi connectivity index (χ1v) is 11.7. The molecule has 0 atom stereocenters. The van der Waals surface area contributed by atoms with Gasteiger partial charge in [0.1, 0.15) is 5.71 Å². The van der Waals surface area contributed by atoms with E-state index in [2.05, 4.69) is 37.5 Å². The van der Waals surface area contributed by atoms with Gasteiger partial charge in [-0.15, -0.1) is 0 Å². The summed E-state index contributed by atoms with van der Waals surface area (Å²) in [6.07, 6.45) is -3.40. The number of rotatable bonds is 4. The molecule has 0 aromatic heterocycles. The Morgan fingerprint density at radius 3 is 2.57 bits per heavy atom. The minimum Gasteiger partial charge on any atom is -0.447 e. The van der Waals surface area contributed by atoms with E-state index >= 15 is 0 Å². The second-order valence-electron chi connectivity index (χ2n) is 8.88. The second kappa shape index (κ2) is 10.5. The van der Waals surface area contributed by atoms with E-state index in [-0.39, 0.29) is 23.7 Å². The largest absolute Gasteiger partial charge is 0.447 e. The van der Waals surface area contributed by atoms with Crippen molar-refractivity contribution in [2.75, 3.05) is 17.7 Å². The third-order valence-corrected chi connectivity index (χ3v) is 5.45. The van der Waals surface area contributed by atoms with Crippen molar-refractivity contribution in [2.24, 2.45) is 15.0 Å². The van der Waals surface area contributed by atoms with E-state index in [4.69, 9.17) is 4.74 Å². The summed E-state index contributed by atoms with van der Waals surface area (Å²) >= 11 is 0. The summed E-state index contributed by atoms with van der Waals surface area (Å²) in [5.74, 6) is 0.563. The van der Waals surface area contributed by atoms with E-state index in [1.165, 1.54) is 12.1 Å². The number of halogens is 3. The average molecular weight is 513 g/mol. The third kappa shape index (κ3) is 6.54. The topological polar surface area (TPSA) is 99.5 Å². The maximum absolute atomic E-state index is 13.3. The molecule has 3 N–H and O–H groups in total. The SMILES string of the molecule is C=C1C(=NC(=NC)NC2CC2)C(Nc2cccc(C(F)(F)F)c2)=Nc2cc(NC(=O)OC(C)C)ccc21. The Hall–Kier alpha value is -4.15. The molecule has 2 aliphatic rings. The molecule has 1 heterocycles. The summed E-state index contributed by atoms with van der Waals surface area (Å²) in [5.41, 5.74) is 1.74. The monoisotopic (exact) mass is 512 g/mol. The summed E-state index contributed by atoms with van der Waals surface area (Å²) < 4.78 is 45.0. The van der Waals surface area contributed by atoms with Crippen molar-refractivity contribution >= 4 is 46.2 Å². The summed E-state index contributed by atoms with van der Waals surface area (Å²) in [7, 11) is 1.60. The van der Waals surface area contributed by atoms with Gasteiger partial charge >= 0.3 is 12.3 Å². The molecular formula is C26H27F3N6O2. The molecule has 11 heteroatoms. The lowest BCUT2D eigenvalue weighted by Gasteiger charge is -2.22.